The fraction of sp³-hybridized carbons (Fsp3) is 0.364. The average molecular weight is 381 g/mol. The Labute approximate surface area is 165 Å². The zero-order chi connectivity index (χ0) is 19.9. The van der Waals surface area contributed by atoms with Crippen molar-refractivity contribution in [1.82, 2.24) is 14.9 Å². The van der Waals surface area contributed by atoms with Crippen LogP contribution in [0.15, 0.2) is 48.5 Å². The molecule has 28 heavy (non-hydrogen) atoms. The van der Waals surface area contributed by atoms with Gasteiger partial charge in [0.15, 0.2) is 0 Å². The molecule has 0 saturated carbocycles. The molecule has 3 aromatic rings. The molecule has 1 N–H and O–H groups in total. The van der Waals surface area contributed by atoms with E-state index in [1.54, 1.807) is 7.11 Å². The molecule has 0 unspecified atom stereocenters. The van der Waals surface area contributed by atoms with Crippen molar-refractivity contribution in [3.63, 3.8) is 0 Å². The van der Waals surface area contributed by atoms with E-state index < -0.39 is 0 Å². The summed E-state index contributed by atoms with van der Waals surface area (Å²) < 4.78 is 13.2. The van der Waals surface area contributed by atoms with E-state index in [0.717, 1.165) is 41.3 Å². The predicted octanol–water partition coefficient (Wildman–Crippen LogP) is 3.79. The summed E-state index contributed by atoms with van der Waals surface area (Å²) in [6.45, 7) is 5.53. The first-order valence-corrected chi connectivity index (χ1v) is 9.57. The molecule has 0 atom stereocenters. The molecule has 0 bridgehead atoms. The second-order valence-corrected chi connectivity index (χ2v) is 6.92. The van der Waals surface area contributed by atoms with Crippen LogP contribution in [0, 0.1) is 5.92 Å². The van der Waals surface area contributed by atoms with E-state index in [1.165, 1.54) is 0 Å². The Morgan fingerprint density at radius 1 is 1.14 bits per heavy atom. The summed E-state index contributed by atoms with van der Waals surface area (Å²) in [6.07, 6.45) is 0.822. The molecule has 0 radical (unpaired) electrons. The standard InChI is InChI=1S/C22H27N3O3/c1-16(2)22(26)23-15-21-24-19-10-4-5-11-20(19)25(21)12-7-13-28-18-9-6-8-17(14-18)27-3/h4-6,8-11,14,16H,7,12-13,15H2,1-3H3,(H,23,26). The van der Waals surface area contributed by atoms with Crippen LogP contribution in [-0.4, -0.2) is 29.2 Å². The Hall–Kier alpha value is -3.02. The molecule has 0 aliphatic heterocycles. The first-order valence-electron chi connectivity index (χ1n) is 9.57. The summed E-state index contributed by atoms with van der Waals surface area (Å²) in [6, 6.07) is 15.6. The number of imidazole rings is 1. The second-order valence-electron chi connectivity index (χ2n) is 6.92. The van der Waals surface area contributed by atoms with E-state index in [4.69, 9.17) is 14.5 Å². The minimum Gasteiger partial charge on any atom is -0.497 e. The summed E-state index contributed by atoms with van der Waals surface area (Å²) >= 11 is 0. The van der Waals surface area contributed by atoms with E-state index in [1.807, 2.05) is 56.3 Å². The minimum absolute atomic E-state index is 0.0277. The van der Waals surface area contributed by atoms with Crippen LogP contribution in [0.25, 0.3) is 11.0 Å². The van der Waals surface area contributed by atoms with Crippen molar-refractivity contribution in [3.05, 3.63) is 54.4 Å². The van der Waals surface area contributed by atoms with Crippen LogP contribution in [0.2, 0.25) is 0 Å². The Morgan fingerprint density at radius 2 is 1.93 bits per heavy atom. The molecule has 2 aromatic carbocycles. The van der Waals surface area contributed by atoms with E-state index in [0.29, 0.717) is 13.2 Å². The molecule has 1 aromatic heterocycles. The number of benzene rings is 2. The van der Waals surface area contributed by atoms with Crippen molar-refractivity contribution in [1.29, 1.82) is 0 Å². The number of carbonyl (C=O) groups excluding carboxylic acids is 1. The molecule has 6 nitrogen and oxygen atoms in total. The van der Waals surface area contributed by atoms with Crippen LogP contribution in [0.3, 0.4) is 0 Å². The van der Waals surface area contributed by atoms with Crippen LogP contribution in [0.5, 0.6) is 11.5 Å². The van der Waals surface area contributed by atoms with Crippen LogP contribution >= 0.6 is 0 Å². The van der Waals surface area contributed by atoms with Gasteiger partial charge < -0.3 is 19.4 Å². The van der Waals surface area contributed by atoms with Gasteiger partial charge >= 0.3 is 0 Å². The quantitative estimate of drug-likeness (QED) is 0.573. The molecule has 3 rings (SSSR count). The van der Waals surface area contributed by atoms with Crippen molar-refractivity contribution in [2.24, 2.45) is 5.92 Å². The summed E-state index contributed by atoms with van der Waals surface area (Å²) in [5, 5.41) is 2.96. The number of nitrogens with zero attached hydrogens (tertiary/aromatic N) is 2. The highest BCUT2D eigenvalue weighted by atomic mass is 16.5. The lowest BCUT2D eigenvalue weighted by Gasteiger charge is -2.12. The Balaban J connectivity index is 1.65. The number of methoxy groups -OCH3 is 1. The van der Waals surface area contributed by atoms with E-state index in [-0.39, 0.29) is 11.8 Å². The normalized spacial score (nSPS) is 11.0. The number of rotatable bonds is 9. The van der Waals surface area contributed by atoms with Gasteiger partial charge in [-0.15, -0.1) is 0 Å². The topological polar surface area (TPSA) is 65.4 Å². The summed E-state index contributed by atoms with van der Waals surface area (Å²) in [5.41, 5.74) is 2.00. The molecule has 148 valence electrons. The van der Waals surface area contributed by atoms with Gasteiger partial charge in [-0.3, -0.25) is 4.79 Å². The number of ether oxygens (including phenoxy) is 2. The fourth-order valence-corrected chi connectivity index (χ4v) is 2.98. The third-order valence-electron chi connectivity index (χ3n) is 4.51. The number of aromatic nitrogens is 2. The predicted molar refractivity (Wildman–Crippen MR) is 110 cm³/mol. The van der Waals surface area contributed by atoms with Crippen molar-refractivity contribution >= 4 is 16.9 Å². The number of aryl methyl sites for hydroxylation is 1. The van der Waals surface area contributed by atoms with E-state index >= 15 is 0 Å². The van der Waals surface area contributed by atoms with Gasteiger partial charge in [-0.2, -0.15) is 0 Å². The van der Waals surface area contributed by atoms with Crippen LogP contribution in [-0.2, 0) is 17.9 Å². The van der Waals surface area contributed by atoms with Crippen molar-refractivity contribution in [2.75, 3.05) is 13.7 Å². The number of nitrogens with one attached hydrogen (secondary N) is 1. The maximum atomic E-state index is 11.9. The monoisotopic (exact) mass is 381 g/mol. The highest BCUT2D eigenvalue weighted by molar-refractivity contribution is 5.78. The number of hydrogen-bond acceptors (Lipinski definition) is 4. The number of amides is 1. The Morgan fingerprint density at radius 3 is 2.71 bits per heavy atom. The summed E-state index contributed by atoms with van der Waals surface area (Å²) in [7, 11) is 1.64. The van der Waals surface area contributed by atoms with Gasteiger partial charge in [0, 0.05) is 18.5 Å². The molecule has 0 aliphatic rings. The maximum Gasteiger partial charge on any atom is 0.222 e. The molecular formula is C22H27N3O3. The SMILES string of the molecule is COc1cccc(OCCCn2c(CNC(=O)C(C)C)nc3ccccc32)c1. The molecule has 0 spiro atoms. The Bertz CT molecular complexity index is 934. The number of carbonyl (C=O) groups is 1. The van der Waals surface area contributed by atoms with Crippen LogP contribution in [0.1, 0.15) is 26.1 Å². The fourth-order valence-electron chi connectivity index (χ4n) is 2.98. The molecule has 1 heterocycles. The summed E-state index contributed by atoms with van der Waals surface area (Å²) in [5.74, 6) is 2.41. The highest BCUT2D eigenvalue weighted by Gasteiger charge is 2.13. The van der Waals surface area contributed by atoms with Gasteiger partial charge in [0.25, 0.3) is 0 Å². The van der Waals surface area contributed by atoms with Crippen molar-refractivity contribution in [3.8, 4) is 11.5 Å². The molecule has 1 amide bonds. The largest absolute Gasteiger partial charge is 0.497 e. The Kier molecular flexibility index (Phi) is 6.53. The van der Waals surface area contributed by atoms with Crippen molar-refractivity contribution < 1.29 is 14.3 Å². The average Bonchev–Trinajstić information content (AvgIpc) is 3.07. The highest BCUT2D eigenvalue weighted by Crippen LogP contribution is 2.20. The number of fused-ring (bicyclic) bond motifs is 1. The van der Waals surface area contributed by atoms with E-state index in [9.17, 15) is 4.79 Å². The number of hydrogen-bond donors (Lipinski definition) is 1. The van der Waals surface area contributed by atoms with Crippen LogP contribution in [0.4, 0.5) is 0 Å². The van der Waals surface area contributed by atoms with Gasteiger partial charge in [-0.1, -0.05) is 32.0 Å². The first kappa shape index (κ1) is 19.7. The second kappa shape index (κ2) is 9.26. The van der Waals surface area contributed by atoms with Crippen LogP contribution < -0.4 is 14.8 Å². The molecule has 0 saturated heterocycles. The lowest BCUT2D eigenvalue weighted by Crippen LogP contribution is -2.28. The molecule has 0 aliphatic carbocycles. The number of para-hydroxylation sites is 2. The van der Waals surface area contributed by atoms with Gasteiger partial charge in [0.05, 0.1) is 31.3 Å². The minimum atomic E-state index is -0.0471. The zero-order valence-corrected chi connectivity index (χ0v) is 16.6. The molecular weight excluding hydrogens is 354 g/mol. The van der Waals surface area contributed by atoms with Gasteiger partial charge in [-0.05, 0) is 30.7 Å². The van der Waals surface area contributed by atoms with Gasteiger partial charge in [0.2, 0.25) is 5.91 Å². The third kappa shape index (κ3) is 4.82. The zero-order valence-electron chi connectivity index (χ0n) is 16.6. The lowest BCUT2D eigenvalue weighted by atomic mass is 10.2. The van der Waals surface area contributed by atoms with Gasteiger partial charge in [-0.25, -0.2) is 4.98 Å². The third-order valence-corrected chi connectivity index (χ3v) is 4.51. The lowest BCUT2D eigenvalue weighted by molar-refractivity contribution is -0.124. The summed E-state index contributed by atoms with van der Waals surface area (Å²) in [4.78, 5) is 16.6. The maximum absolute atomic E-state index is 11.9. The van der Waals surface area contributed by atoms with Gasteiger partial charge in [0.1, 0.15) is 17.3 Å². The first-order chi connectivity index (χ1) is 13.6. The smallest absolute Gasteiger partial charge is 0.222 e. The van der Waals surface area contributed by atoms with E-state index in [2.05, 4.69) is 16.0 Å². The molecule has 0 fully saturated rings. The van der Waals surface area contributed by atoms with Crippen molar-refractivity contribution in [2.45, 2.75) is 33.4 Å². The molecule has 6 heteroatoms.